The van der Waals surface area contributed by atoms with E-state index in [0.717, 1.165) is 24.2 Å². The van der Waals surface area contributed by atoms with Crippen molar-refractivity contribution in [1.29, 1.82) is 0 Å². The fourth-order valence-corrected chi connectivity index (χ4v) is 5.58. The summed E-state index contributed by atoms with van der Waals surface area (Å²) in [5.41, 5.74) is 3.93. The number of alkyl halides is 1. The van der Waals surface area contributed by atoms with Gasteiger partial charge in [0.15, 0.2) is 11.6 Å². The molecule has 0 spiro atoms. The molecule has 40 heavy (non-hydrogen) atoms. The molecule has 2 amide bonds. The van der Waals surface area contributed by atoms with Crippen LogP contribution in [0.25, 0.3) is 22.0 Å². The first kappa shape index (κ1) is 25.7. The molecule has 3 aromatic carbocycles. The summed E-state index contributed by atoms with van der Waals surface area (Å²) in [5.74, 6) is -2.04. The highest BCUT2D eigenvalue weighted by atomic mass is 19.1. The van der Waals surface area contributed by atoms with E-state index in [1.807, 2.05) is 18.2 Å². The van der Waals surface area contributed by atoms with Crippen molar-refractivity contribution in [3.05, 3.63) is 77.7 Å². The number of ketones is 1. The lowest BCUT2D eigenvalue weighted by atomic mass is 10.0. The maximum absolute atomic E-state index is 15.6. The van der Waals surface area contributed by atoms with E-state index < -0.39 is 29.8 Å². The van der Waals surface area contributed by atoms with Gasteiger partial charge in [-0.3, -0.25) is 19.1 Å². The fourth-order valence-electron chi connectivity index (χ4n) is 5.58. The van der Waals surface area contributed by atoms with Gasteiger partial charge < -0.3 is 15.5 Å². The Kier molecular flexibility index (Phi) is 6.53. The number of anilines is 2. The lowest BCUT2D eigenvalue weighted by Gasteiger charge is -2.24. The van der Waals surface area contributed by atoms with Gasteiger partial charge in [0, 0.05) is 36.5 Å². The number of fused-ring (bicyclic) bond motifs is 2. The smallest absolute Gasteiger partial charge is 0.247 e. The molecule has 2 aliphatic rings. The minimum absolute atomic E-state index is 0.0417. The number of hydrogen-bond donors (Lipinski definition) is 2. The van der Waals surface area contributed by atoms with Crippen LogP contribution in [0.4, 0.5) is 20.2 Å². The highest BCUT2D eigenvalue weighted by Crippen LogP contribution is 2.33. The van der Waals surface area contributed by atoms with E-state index in [2.05, 4.69) is 15.7 Å². The number of nitrogens with one attached hydrogen (secondary N) is 2. The number of nitrogens with zero attached hydrogens (tertiary/aromatic N) is 3. The minimum Gasteiger partial charge on any atom is -0.384 e. The summed E-state index contributed by atoms with van der Waals surface area (Å²) in [4.78, 5) is 39.8. The SMILES string of the molecule is CC(=O)c1nn(CC(=O)N2C[C@H](F)C[C@H]2C(=O)Nc2cccc(-c3ccc4c(c3)CCN4)c2F)c2ccccc12. The van der Waals surface area contributed by atoms with Crippen molar-refractivity contribution in [2.24, 2.45) is 0 Å². The number of rotatable bonds is 6. The van der Waals surface area contributed by atoms with E-state index in [1.165, 1.54) is 22.6 Å². The Labute approximate surface area is 229 Å². The molecular formula is C30H27F2N5O3. The van der Waals surface area contributed by atoms with Gasteiger partial charge in [0.05, 0.1) is 17.7 Å². The first-order chi connectivity index (χ1) is 19.3. The molecule has 0 aliphatic carbocycles. The molecule has 4 aromatic rings. The molecule has 8 nitrogen and oxygen atoms in total. The Bertz CT molecular complexity index is 1670. The number of para-hydroxylation sites is 1. The van der Waals surface area contributed by atoms with Crippen molar-refractivity contribution in [1.82, 2.24) is 14.7 Å². The monoisotopic (exact) mass is 543 g/mol. The molecule has 2 N–H and O–H groups in total. The average molecular weight is 544 g/mol. The van der Waals surface area contributed by atoms with Gasteiger partial charge in [0.1, 0.15) is 24.5 Å². The molecule has 2 atom stereocenters. The maximum Gasteiger partial charge on any atom is 0.247 e. The zero-order chi connectivity index (χ0) is 28.0. The number of carbonyl (C=O) groups excluding carboxylic acids is 3. The molecule has 10 heteroatoms. The fraction of sp³-hybridized carbons (Fsp3) is 0.267. The van der Waals surface area contributed by atoms with Crippen molar-refractivity contribution in [2.75, 3.05) is 23.7 Å². The second kappa shape index (κ2) is 10.2. The van der Waals surface area contributed by atoms with E-state index in [9.17, 15) is 18.8 Å². The van der Waals surface area contributed by atoms with E-state index >= 15 is 4.39 Å². The zero-order valence-electron chi connectivity index (χ0n) is 21.8. The third kappa shape index (κ3) is 4.59. The molecule has 1 fully saturated rings. The van der Waals surface area contributed by atoms with Crippen LogP contribution in [0.5, 0.6) is 0 Å². The molecule has 3 heterocycles. The van der Waals surface area contributed by atoms with Gasteiger partial charge in [-0.05, 0) is 41.8 Å². The van der Waals surface area contributed by atoms with Crippen LogP contribution in [-0.4, -0.2) is 57.6 Å². The number of carbonyl (C=O) groups is 3. The minimum atomic E-state index is -1.40. The maximum atomic E-state index is 15.6. The molecule has 6 rings (SSSR count). The van der Waals surface area contributed by atoms with Crippen LogP contribution >= 0.6 is 0 Å². The number of hydrogen-bond acceptors (Lipinski definition) is 5. The highest BCUT2D eigenvalue weighted by molar-refractivity contribution is 6.05. The molecule has 0 bridgehead atoms. The van der Waals surface area contributed by atoms with Crippen LogP contribution in [0.3, 0.4) is 0 Å². The van der Waals surface area contributed by atoms with Crippen molar-refractivity contribution in [3.8, 4) is 11.1 Å². The van der Waals surface area contributed by atoms with Gasteiger partial charge in [-0.15, -0.1) is 0 Å². The van der Waals surface area contributed by atoms with Crippen LogP contribution < -0.4 is 10.6 Å². The van der Waals surface area contributed by atoms with Crippen LogP contribution in [0.1, 0.15) is 29.4 Å². The van der Waals surface area contributed by atoms with Gasteiger partial charge in [0.25, 0.3) is 0 Å². The third-order valence-corrected chi connectivity index (χ3v) is 7.53. The number of benzene rings is 3. The van der Waals surface area contributed by atoms with Crippen molar-refractivity contribution in [3.63, 3.8) is 0 Å². The number of Topliss-reactive ketones (excluding diaryl/α,β-unsaturated/α-hetero) is 1. The number of amides is 2. The van der Waals surface area contributed by atoms with Crippen molar-refractivity contribution < 1.29 is 23.2 Å². The van der Waals surface area contributed by atoms with E-state index in [4.69, 9.17) is 0 Å². The van der Waals surface area contributed by atoms with E-state index in [1.54, 1.807) is 36.4 Å². The molecular weight excluding hydrogens is 516 g/mol. The molecule has 0 radical (unpaired) electrons. The Morgan fingerprint density at radius 3 is 2.75 bits per heavy atom. The van der Waals surface area contributed by atoms with Crippen molar-refractivity contribution in [2.45, 2.75) is 38.5 Å². The molecule has 1 aromatic heterocycles. The summed E-state index contributed by atoms with van der Waals surface area (Å²) in [6, 6.07) is 16.3. The third-order valence-electron chi connectivity index (χ3n) is 7.53. The van der Waals surface area contributed by atoms with Crippen LogP contribution in [0.15, 0.2) is 60.7 Å². The molecule has 0 unspecified atom stereocenters. The second-order valence-corrected chi connectivity index (χ2v) is 10.2. The summed E-state index contributed by atoms with van der Waals surface area (Å²) in [6.07, 6.45) is -0.755. The second-order valence-electron chi connectivity index (χ2n) is 10.2. The molecule has 204 valence electrons. The summed E-state index contributed by atoms with van der Waals surface area (Å²) in [6.45, 7) is 1.69. The van der Waals surface area contributed by atoms with Gasteiger partial charge in [-0.2, -0.15) is 5.10 Å². The summed E-state index contributed by atoms with van der Waals surface area (Å²) in [5, 5.41) is 10.8. The largest absolute Gasteiger partial charge is 0.384 e. The predicted octanol–water partition coefficient (Wildman–Crippen LogP) is 4.59. The lowest BCUT2D eigenvalue weighted by Crippen LogP contribution is -2.44. The quantitative estimate of drug-likeness (QED) is 0.347. The van der Waals surface area contributed by atoms with Crippen LogP contribution in [0.2, 0.25) is 0 Å². The first-order valence-electron chi connectivity index (χ1n) is 13.2. The predicted molar refractivity (Wildman–Crippen MR) is 147 cm³/mol. The average Bonchev–Trinajstić information content (AvgIpc) is 3.66. The Hall–Kier alpha value is -4.60. The van der Waals surface area contributed by atoms with Gasteiger partial charge in [-0.25, -0.2) is 8.78 Å². The highest BCUT2D eigenvalue weighted by Gasteiger charge is 2.40. The van der Waals surface area contributed by atoms with E-state index in [-0.39, 0.29) is 36.7 Å². The summed E-state index contributed by atoms with van der Waals surface area (Å²) >= 11 is 0. The van der Waals surface area contributed by atoms with Crippen molar-refractivity contribution >= 4 is 39.9 Å². The van der Waals surface area contributed by atoms with Gasteiger partial charge >= 0.3 is 0 Å². The number of halogens is 2. The number of aromatic nitrogens is 2. The Balaban J connectivity index is 1.22. The summed E-state index contributed by atoms with van der Waals surface area (Å²) in [7, 11) is 0. The zero-order valence-corrected chi connectivity index (χ0v) is 21.8. The Morgan fingerprint density at radius 1 is 1.10 bits per heavy atom. The molecule has 1 saturated heterocycles. The lowest BCUT2D eigenvalue weighted by molar-refractivity contribution is -0.137. The van der Waals surface area contributed by atoms with Crippen LogP contribution in [0, 0.1) is 5.82 Å². The topological polar surface area (TPSA) is 96.3 Å². The normalized spacial score (nSPS) is 18.0. The standard InChI is InChI=1S/C30H27F2N5O3/c1-17(38)29-22-5-2-3-8-25(22)37(35-29)16-27(39)36-15-20(31)14-26(36)30(40)34-24-7-4-6-21(28(24)32)18-9-10-23-19(13-18)11-12-33-23/h2-10,13,20,26,33H,11-12,14-16H2,1H3,(H,34,40)/t20-,26+/m1/s1. The first-order valence-corrected chi connectivity index (χ1v) is 13.2. The van der Waals surface area contributed by atoms with Crippen LogP contribution in [-0.2, 0) is 22.6 Å². The summed E-state index contributed by atoms with van der Waals surface area (Å²) < 4.78 is 31.5. The van der Waals surface area contributed by atoms with Gasteiger partial charge in [0.2, 0.25) is 11.8 Å². The van der Waals surface area contributed by atoms with Gasteiger partial charge in [-0.1, -0.05) is 36.4 Å². The molecule has 2 aliphatic heterocycles. The van der Waals surface area contributed by atoms with E-state index in [0.29, 0.717) is 22.0 Å². The molecule has 0 saturated carbocycles. The Morgan fingerprint density at radius 2 is 1.93 bits per heavy atom. The number of likely N-dealkylation sites (tertiary alicyclic amines) is 1.